The van der Waals surface area contributed by atoms with Crippen molar-refractivity contribution in [1.82, 2.24) is 10.6 Å². The fourth-order valence-corrected chi connectivity index (χ4v) is 3.27. The Morgan fingerprint density at radius 1 is 1.25 bits per heavy atom. The molecule has 2 rings (SSSR count). The molecule has 0 bridgehead atoms. The van der Waals surface area contributed by atoms with Crippen LogP contribution in [0.5, 0.6) is 0 Å². The van der Waals surface area contributed by atoms with E-state index in [4.69, 9.17) is 0 Å². The van der Waals surface area contributed by atoms with Crippen molar-refractivity contribution in [2.45, 2.75) is 69.6 Å². The first-order valence-corrected chi connectivity index (χ1v) is 6.94. The molecule has 0 aromatic rings. The largest absolute Gasteiger partial charge is 0.388 e. The van der Waals surface area contributed by atoms with E-state index in [9.17, 15) is 5.11 Å². The van der Waals surface area contributed by atoms with Crippen molar-refractivity contribution >= 4 is 0 Å². The Hall–Kier alpha value is -0.120. The van der Waals surface area contributed by atoms with Crippen LogP contribution in [0.25, 0.3) is 0 Å². The molecular weight excluding hydrogens is 200 g/mol. The van der Waals surface area contributed by atoms with Gasteiger partial charge in [-0.3, -0.25) is 0 Å². The number of hydrogen-bond donors (Lipinski definition) is 3. The summed E-state index contributed by atoms with van der Waals surface area (Å²) in [6, 6.07) is 0.984. The van der Waals surface area contributed by atoms with Gasteiger partial charge in [0.2, 0.25) is 0 Å². The predicted molar refractivity (Wildman–Crippen MR) is 66.5 cm³/mol. The summed E-state index contributed by atoms with van der Waals surface area (Å²) in [7, 11) is 0. The van der Waals surface area contributed by atoms with Gasteiger partial charge in [0.1, 0.15) is 0 Å². The number of aliphatic hydroxyl groups is 1. The summed E-state index contributed by atoms with van der Waals surface area (Å²) in [6.07, 6.45) is 7.88. The lowest BCUT2D eigenvalue weighted by molar-refractivity contribution is -0.0430. The molecular formula is C13H26N2O. The molecule has 3 nitrogen and oxygen atoms in total. The van der Waals surface area contributed by atoms with E-state index in [1.54, 1.807) is 0 Å². The first-order chi connectivity index (χ1) is 7.74. The molecule has 0 aromatic carbocycles. The third-order valence-electron chi connectivity index (χ3n) is 4.30. The molecule has 3 N–H and O–H groups in total. The second-order valence-corrected chi connectivity index (χ2v) is 5.44. The minimum atomic E-state index is -0.424. The van der Waals surface area contributed by atoms with Crippen molar-refractivity contribution in [3.05, 3.63) is 0 Å². The predicted octanol–water partition coefficient (Wildman–Crippen LogP) is 1.41. The normalized spacial score (nSPS) is 40.9. The maximum Gasteiger partial charge on any atom is 0.0801 e. The van der Waals surface area contributed by atoms with Gasteiger partial charge in [0.15, 0.2) is 0 Å². The van der Waals surface area contributed by atoms with Crippen LogP contribution in [0.2, 0.25) is 0 Å². The van der Waals surface area contributed by atoms with Crippen LogP contribution in [-0.2, 0) is 0 Å². The summed E-state index contributed by atoms with van der Waals surface area (Å²) in [5, 5.41) is 17.7. The van der Waals surface area contributed by atoms with E-state index in [2.05, 4.69) is 17.6 Å². The molecule has 1 saturated heterocycles. The zero-order chi connectivity index (χ0) is 11.4. The Balaban J connectivity index is 1.84. The van der Waals surface area contributed by atoms with Crippen LogP contribution in [0.3, 0.4) is 0 Å². The molecule has 0 radical (unpaired) electrons. The minimum Gasteiger partial charge on any atom is -0.388 e. The van der Waals surface area contributed by atoms with E-state index in [0.29, 0.717) is 12.1 Å². The average Bonchev–Trinajstić information content (AvgIpc) is 2.34. The van der Waals surface area contributed by atoms with Gasteiger partial charge in [-0.05, 0) is 51.6 Å². The molecule has 1 aliphatic carbocycles. The topological polar surface area (TPSA) is 44.3 Å². The molecule has 16 heavy (non-hydrogen) atoms. The molecule has 0 spiro atoms. The second kappa shape index (κ2) is 5.48. The van der Waals surface area contributed by atoms with Crippen molar-refractivity contribution in [3.8, 4) is 0 Å². The summed E-state index contributed by atoms with van der Waals surface area (Å²) < 4.78 is 0. The van der Waals surface area contributed by atoms with Gasteiger partial charge in [-0.15, -0.1) is 0 Å². The van der Waals surface area contributed by atoms with Gasteiger partial charge in [-0.1, -0.05) is 13.3 Å². The molecule has 0 aromatic heterocycles. The van der Waals surface area contributed by atoms with Gasteiger partial charge in [0.25, 0.3) is 0 Å². The number of nitrogens with one attached hydrogen (secondary N) is 2. The summed E-state index contributed by atoms with van der Waals surface area (Å²) in [5.74, 6) is 0. The van der Waals surface area contributed by atoms with Crippen LogP contribution in [0.4, 0.5) is 0 Å². The fraction of sp³-hybridized carbons (Fsp3) is 1.00. The first-order valence-electron chi connectivity index (χ1n) is 6.94. The van der Waals surface area contributed by atoms with Crippen molar-refractivity contribution in [3.63, 3.8) is 0 Å². The zero-order valence-corrected chi connectivity index (χ0v) is 10.5. The fourth-order valence-electron chi connectivity index (χ4n) is 3.27. The highest BCUT2D eigenvalue weighted by Gasteiger charge is 2.40. The summed E-state index contributed by atoms with van der Waals surface area (Å²) in [5.41, 5.74) is -0.424. The van der Waals surface area contributed by atoms with E-state index >= 15 is 0 Å². The monoisotopic (exact) mass is 226 g/mol. The summed E-state index contributed by atoms with van der Waals surface area (Å²) >= 11 is 0. The smallest absolute Gasteiger partial charge is 0.0801 e. The van der Waals surface area contributed by atoms with E-state index in [-0.39, 0.29) is 0 Å². The Kier molecular flexibility index (Phi) is 4.22. The summed E-state index contributed by atoms with van der Waals surface area (Å²) in [6.45, 7) is 4.29. The van der Waals surface area contributed by atoms with Crippen LogP contribution in [-0.4, -0.2) is 35.9 Å². The van der Waals surface area contributed by atoms with Gasteiger partial charge >= 0.3 is 0 Å². The number of rotatable bonds is 3. The average molecular weight is 226 g/mol. The van der Waals surface area contributed by atoms with Crippen LogP contribution in [0.1, 0.15) is 51.9 Å². The molecule has 1 unspecified atom stereocenters. The van der Waals surface area contributed by atoms with Crippen molar-refractivity contribution in [1.29, 1.82) is 0 Å². The van der Waals surface area contributed by atoms with Gasteiger partial charge in [0, 0.05) is 12.1 Å². The number of piperidine rings is 1. The highest BCUT2D eigenvalue weighted by Crippen LogP contribution is 2.34. The lowest BCUT2D eigenvalue weighted by atomic mass is 9.75. The van der Waals surface area contributed by atoms with Gasteiger partial charge in [-0.25, -0.2) is 0 Å². The highest BCUT2D eigenvalue weighted by atomic mass is 16.3. The van der Waals surface area contributed by atoms with Gasteiger partial charge in [0.05, 0.1) is 5.60 Å². The van der Waals surface area contributed by atoms with Crippen molar-refractivity contribution in [2.24, 2.45) is 0 Å². The molecule has 3 heteroatoms. The molecule has 1 atom stereocenters. The van der Waals surface area contributed by atoms with Crippen LogP contribution in [0.15, 0.2) is 0 Å². The van der Waals surface area contributed by atoms with Gasteiger partial charge in [-0.2, -0.15) is 0 Å². The first kappa shape index (κ1) is 12.3. The third kappa shape index (κ3) is 2.76. The Labute approximate surface area is 99.0 Å². The van der Waals surface area contributed by atoms with Crippen molar-refractivity contribution < 1.29 is 5.11 Å². The maximum atomic E-state index is 10.7. The summed E-state index contributed by atoms with van der Waals surface area (Å²) in [4.78, 5) is 0. The molecule has 2 fully saturated rings. The molecule has 1 aliphatic heterocycles. The third-order valence-corrected chi connectivity index (χ3v) is 4.30. The lowest BCUT2D eigenvalue weighted by Crippen LogP contribution is -2.55. The van der Waals surface area contributed by atoms with Crippen LogP contribution < -0.4 is 10.6 Å². The molecule has 1 saturated carbocycles. The Bertz CT molecular complexity index is 206. The SMILES string of the molecule is CCNC1CCC(O)(C2CCCCN2)CC1. The standard InChI is InChI=1S/C13H26N2O/c1-2-14-11-6-8-13(16,9-7-11)12-5-3-4-10-15-12/h11-12,14-16H,2-10H2,1H3. The molecule has 0 amide bonds. The van der Waals surface area contributed by atoms with Crippen LogP contribution >= 0.6 is 0 Å². The van der Waals surface area contributed by atoms with Gasteiger partial charge < -0.3 is 15.7 Å². The van der Waals surface area contributed by atoms with E-state index in [1.165, 1.54) is 12.8 Å². The van der Waals surface area contributed by atoms with E-state index in [1.807, 2.05) is 0 Å². The molecule has 2 aliphatic rings. The highest BCUT2D eigenvalue weighted by molar-refractivity contribution is 4.97. The zero-order valence-electron chi connectivity index (χ0n) is 10.5. The minimum absolute atomic E-state index is 0.351. The lowest BCUT2D eigenvalue weighted by Gasteiger charge is -2.43. The van der Waals surface area contributed by atoms with Crippen molar-refractivity contribution in [2.75, 3.05) is 13.1 Å². The number of hydrogen-bond acceptors (Lipinski definition) is 3. The maximum absolute atomic E-state index is 10.7. The Morgan fingerprint density at radius 2 is 2.00 bits per heavy atom. The van der Waals surface area contributed by atoms with E-state index < -0.39 is 5.60 Å². The quantitative estimate of drug-likeness (QED) is 0.682. The molecule has 94 valence electrons. The Morgan fingerprint density at radius 3 is 2.56 bits per heavy atom. The van der Waals surface area contributed by atoms with E-state index in [0.717, 1.165) is 45.2 Å². The van der Waals surface area contributed by atoms with Crippen LogP contribution in [0, 0.1) is 0 Å². The molecule has 1 heterocycles. The second-order valence-electron chi connectivity index (χ2n) is 5.44.